The number of ether oxygens (including phenoxy) is 2. The minimum atomic E-state index is -1.00. The minimum absolute atomic E-state index is 0.369. The highest BCUT2D eigenvalue weighted by molar-refractivity contribution is 7.98. The highest BCUT2D eigenvalue weighted by Crippen LogP contribution is 2.28. The van der Waals surface area contributed by atoms with Gasteiger partial charge in [0.15, 0.2) is 6.10 Å². The second-order valence-corrected chi connectivity index (χ2v) is 9.10. The maximum absolute atomic E-state index is 12.4. The lowest BCUT2D eigenvalue weighted by Gasteiger charge is -2.15. The molecule has 2 aromatic carbocycles. The summed E-state index contributed by atoms with van der Waals surface area (Å²) < 4.78 is 10.5. The summed E-state index contributed by atoms with van der Waals surface area (Å²) in [6.07, 6.45) is -1.00. The van der Waals surface area contributed by atoms with Gasteiger partial charge in [0.25, 0.3) is 5.91 Å². The molecule has 9 heteroatoms. The fourth-order valence-electron chi connectivity index (χ4n) is 2.61. The molecule has 0 radical (unpaired) electrons. The van der Waals surface area contributed by atoms with E-state index < -0.39 is 18.0 Å². The average Bonchev–Trinajstić information content (AvgIpc) is 3.17. The lowest BCUT2D eigenvalue weighted by molar-refractivity contribution is -0.123. The van der Waals surface area contributed by atoms with Crippen LogP contribution in [0.3, 0.4) is 0 Å². The van der Waals surface area contributed by atoms with Crippen molar-refractivity contribution < 1.29 is 19.1 Å². The molecule has 6 nitrogen and oxygen atoms in total. The first-order valence-electron chi connectivity index (χ1n) is 9.35. The van der Waals surface area contributed by atoms with Crippen molar-refractivity contribution in [2.24, 2.45) is 0 Å². The van der Waals surface area contributed by atoms with E-state index in [-0.39, 0.29) is 0 Å². The van der Waals surface area contributed by atoms with Crippen LogP contribution in [0, 0.1) is 6.92 Å². The summed E-state index contributed by atoms with van der Waals surface area (Å²) in [5.41, 5.74) is 1.81. The minimum Gasteiger partial charge on any atom is -0.495 e. The van der Waals surface area contributed by atoms with E-state index >= 15 is 0 Å². The summed E-state index contributed by atoms with van der Waals surface area (Å²) in [5, 5.41) is 6.20. The molecular formula is C22H21ClN2O4S2. The normalized spacial score (nSPS) is 11.6. The van der Waals surface area contributed by atoms with Crippen LogP contribution in [-0.2, 0) is 15.3 Å². The van der Waals surface area contributed by atoms with Crippen LogP contribution in [0.4, 0.5) is 5.69 Å². The highest BCUT2D eigenvalue weighted by atomic mass is 35.5. The van der Waals surface area contributed by atoms with Gasteiger partial charge < -0.3 is 14.8 Å². The molecule has 1 atom stereocenters. The number of nitrogens with one attached hydrogen (secondary N) is 1. The van der Waals surface area contributed by atoms with E-state index in [0.29, 0.717) is 22.0 Å². The number of amides is 1. The van der Waals surface area contributed by atoms with Gasteiger partial charge in [0.2, 0.25) is 0 Å². The van der Waals surface area contributed by atoms with Crippen LogP contribution in [0.5, 0.6) is 5.75 Å². The number of methoxy groups -OCH3 is 1. The molecule has 1 amide bonds. The molecule has 3 aromatic rings. The monoisotopic (exact) mass is 476 g/mol. The number of rotatable bonds is 8. The number of thiazole rings is 1. The van der Waals surface area contributed by atoms with E-state index in [1.54, 1.807) is 53.4 Å². The van der Waals surface area contributed by atoms with Crippen LogP contribution in [0.1, 0.15) is 28.0 Å². The Morgan fingerprint density at radius 1 is 1.23 bits per heavy atom. The third-order valence-corrected chi connectivity index (χ3v) is 6.32. The summed E-state index contributed by atoms with van der Waals surface area (Å²) in [6, 6.07) is 11.9. The molecule has 0 saturated heterocycles. The zero-order valence-corrected chi connectivity index (χ0v) is 19.6. The van der Waals surface area contributed by atoms with Crippen molar-refractivity contribution in [3.8, 4) is 5.75 Å². The van der Waals surface area contributed by atoms with Crippen LogP contribution < -0.4 is 10.1 Å². The number of halogens is 1. The third-order valence-electron chi connectivity index (χ3n) is 4.22. The fourth-order valence-corrected chi connectivity index (χ4v) is 4.29. The van der Waals surface area contributed by atoms with Gasteiger partial charge in [0.05, 0.1) is 29.1 Å². The quantitative estimate of drug-likeness (QED) is 0.337. The van der Waals surface area contributed by atoms with E-state index in [0.717, 1.165) is 21.3 Å². The van der Waals surface area contributed by atoms with Gasteiger partial charge in [-0.1, -0.05) is 11.6 Å². The highest BCUT2D eigenvalue weighted by Gasteiger charge is 2.20. The van der Waals surface area contributed by atoms with E-state index in [9.17, 15) is 9.59 Å². The van der Waals surface area contributed by atoms with Crippen LogP contribution in [-0.4, -0.2) is 30.1 Å². The van der Waals surface area contributed by atoms with Crippen molar-refractivity contribution in [1.29, 1.82) is 0 Å². The first kappa shape index (κ1) is 23.1. The van der Waals surface area contributed by atoms with E-state index in [4.69, 9.17) is 21.1 Å². The van der Waals surface area contributed by atoms with Gasteiger partial charge in [0.1, 0.15) is 5.75 Å². The van der Waals surface area contributed by atoms with Crippen molar-refractivity contribution in [3.05, 3.63) is 69.1 Å². The summed E-state index contributed by atoms with van der Waals surface area (Å²) in [6.45, 7) is 3.48. The Morgan fingerprint density at radius 2 is 1.97 bits per heavy atom. The average molecular weight is 477 g/mol. The van der Waals surface area contributed by atoms with E-state index in [2.05, 4.69) is 10.3 Å². The van der Waals surface area contributed by atoms with Crippen LogP contribution in [0.2, 0.25) is 5.02 Å². The van der Waals surface area contributed by atoms with Crippen LogP contribution in [0.25, 0.3) is 0 Å². The molecule has 0 aliphatic rings. The zero-order chi connectivity index (χ0) is 22.4. The molecule has 3 rings (SSSR count). The van der Waals surface area contributed by atoms with E-state index in [1.807, 2.05) is 24.4 Å². The Bertz CT molecular complexity index is 1070. The van der Waals surface area contributed by atoms with Crippen molar-refractivity contribution in [2.75, 3.05) is 12.4 Å². The van der Waals surface area contributed by atoms with E-state index in [1.165, 1.54) is 14.0 Å². The summed E-state index contributed by atoms with van der Waals surface area (Å²) in [4.78, 5) is 30.3. The van der Waals surface area contributed by atoms with Crippen molar-refractivity contribution >= 4 is 52.3 Å². The van der Waals surface area contributed by atoms with Gasteiger partial charge in [-0.2, -0.15) is 0 Å². The molecule has 1 N–H and O–H groups in total. The fraction of sp³-hybridized carbons (Fsp3) is 0.227. The number of thioether (sulfide) groups is 1. The molecule has 0 fully saturated rings. The number of benzene rings is 2. The first-order chi connectivity index (χ1) is 14.9. The van der Waals surface area contributed by atoms with Crippen LogP contribution >= 0.6 is 34.7 Å². The molecule has 1 heterocycles. The molecule has 0 saturated carbocycles. The number of aryl methyl sites for hydroxylation is 1. The number of carbonyl (C=O) groups is 2. The van der Waals surface area contributed by atoms with Crippen molar-refractivity contribution in [3.63, 3.8) is 0 Å². The smallest absolute Gasteiger partial charge is 0.338 e. The van der Waals surface area contributed by atoms with Gasteiger partial charge in [-0.3, -0.25) is 4.79 Å². The summed E-state index contributed by atoms with van der Waals surface area (Å²) in [7, 11) is 1.49. The molecule has 0 aliphatic carbocycles. The Balaban J connectivity index is 1.55. The number of aromatic nitrogens is 1. The Kier molecular flexibility index (Phi) is 7.95. The lowest BCUT2D eigenvalue weighted by atomic mass is 10.2. The van der Waals surface area contributed by atoms with Gasteiger partial charge in [-0.25, -0.2) is 9.78 Å². The molecule has 31 heavy (non-hydrogen) atoms. The predicted molar refractivity (Wildman–Crippen MR) is 124 cm³/mol. The molecule has 0 aliphatic heterocycles. The Labute approximate surface area is 193 Å². The second kappa shape index (κ2) is 10.7. The Morgan fingerprint density at radius 3 is 2.61 bits per heavy atom. The molecule has 162 valence electrons. The second-order valence-electron chi connectivity index (χ2n) is 6.55. The molecular weight excluding hydrogens is 456 g/mol. The lowest BCUT2D eigenvalue weighted by Crippen LogP contribution is -2.30. The third kappa shape index (κ3) is 6.46. The molecule has 0 bridgehead atoms. The number of nitrogens with zero attached hydrogens (tertiary/aromatic N) is 1. The number of anilines is 1. The van der Waals surface area contributed by atoms with Crippen LogP contribution in [0.15, 0.2) is 52.7 Å². The first-order valence-corrected chi connectivity index (χ1v) is 11.6. The predicted octanol–water partition coefficient (Wildman–Crippen LogP) is 5.59. The maximum atomic E-state index is 12.4. The molecule has 0 spiro atoms. The van der Waals surface area contributed by atoms with Crippen molar-refractivity contribution in [1.82, 2.24) is 4.98 Å². The van der Waals surface area contributed by atoms with Crippen molar-refractivity contribution in [2.45, 2.75) is 30.6 Å². The number of hydrogen-bond donors (Lipinski definition) is 1. The van der Waals surface area contributed by atoms with Gasteiger partial charge >= 0.3 is 5.97 Å². The molecule has 1 unspecified atom stereocenters. The topological polar surface area (TPSA) is 77.5 Å². The number of esters is 1. The maximum Gasteiger partial charge on any atom is 0.338 e. The Hall–Kier alpha value is -2.55. The summed E-state index contributed by atoms with van der Waals surface area (Å²) in [5.74, 6) is 0.155. The number of carbonyl (C=O) groups excluding carboxylic acids is 2. The zero-order valence-electron chi connectivity index (χ0n) is 17.2. The number of hydrogen-bond acceptors (Lipinski definition) is 7. The largest absolute Gasteiger partial charge is 0.495 e. The summed E-state index contributed by atoms with van der Waals surface area (Å²) >= 11 is 9.24. The SMILES string of the molecule is COc1ccc(Cl)cc1NC(=O)C(C)OC(=O)c1ccc(SCc2csc(C)n2)cc1. The van der Waals surface area contributed by atoms with Gasteiger partial charge in [-0.05, 0) is 56.3 Å². The van der Waals surface area contributed by atoms with Gasteiger partial charge in [0, 0.05) is 21.1 Å². The van der Waals surface area contributed by atoms with Gasteiger partial charge in [-0.15, -0.1) is 23.1 Å². The standard InChI is InChI=1S/C22H21ClN2O4S2/c1-13(21(26)25-19-10-16(23)6-9-20(19)28-3)29-22(27)15-4-7-18(8-5-15)31-12-17-11-30-14(2)24-17/h4-11,13H,12H2,1-3H3,(H,25,26). The molecule has 1 aromatic heterocycles.